The molecule has 3 heterocycles. The Morgan fingerprint density at radius 1 is 1.12 bits per heavy atom. The van der Waals surface area contributed by atoms with E-state index in [1.54, 1.807) is 24.1 Å². The lowest BCUT2D eigenvalue weighted by Gasteiger charge is -2.29. The van der Waals surface area contributed by atoms with Crippen molar-refractivity contribution in [3.05, 3.63) is 74.1 Å². The first-order valence-electron chi connectivity index (χ1n) is 11.5. The van der Waals surface area contributed by atoms with Gasteiger partial charge in [0.15, 0.2) is 5.43 Å². The summed E-state index contributed by atoms with van der Waals surface area (Å²) in [5.74, 6) is 0.439. The SMILES string of the molecule is COc1ccccc1C1c2c(oc3cc(C)c(Cl)cc3c2=O)C(=O)N1CCCN1CCOCC1. The molecular formula is C26H27ClN2O5. The van der Waals surface area contributed by atoms with E-state index in [-0.39, 0.29) is 17.1 Å². The molecule has 178 valence electrons. The van der Waals surface area contributed by atoms with Crippen LogP contribution in [0.25, 0.3) is 11.0 Å². The first-order chi connectivity index (χ1) is 16.5. The molecule has 34 heavy (non-hydrogen) atoms. The van der Waals surface area contributed by atoms with Crippen LogP contribution >= 0.6 is 11.6 Å². The number of nitrogens with zero attached hydrogens (tertiary/aromatic N) is 2. The Kier molecular flexibility index (Phi) is 6.34. The molecule has 0 spiro atoms. The molecule has 1 saturated heterocycles. The Hall–Kier alpha value is -2.87. The normalized spacial score (nSPS) is 18.5. The van der Waals surface area contributed by atoms with Gasteiger partial charge in [0.2, 0.25) is 5.76 Å². The molecule has 0 saturated carbocycles. The second kappa shape index (κ2) is 9.41. The fraction of sp³-hybridized carbons (Fsp3) is 0.385. The van der Waals surface area contributed by atoms with Gasteiger partial charge in [-0.25, -0.2) is 0 Å². The van der Waals surface area contributed by atoms with Gasteiger partial charge >= 0.3 is 0 Å². The van der Waals surface area contributed by atoms with Crippen LogP contribution in [0.2, 0.25) is 5.02 Å². The van der Waals surface area contributed by atoms with Crippen molar-refractivity contribution in [3.63, 3.8) is 0 Å². The Morgan fingerprint density at radius 2 is 1.88 bits per heavy atom. The third kappa shape index (κ3) is 3.98. The first kappa shape index (κ1) is 22.9. The van der Waals surface area contributed by atoms with E-state index in [9.17, 15) is 9.59 Å². The van der Waals surface area contributed by atoms with Crippen molar-refractivity contribution < 1.29 is 18.7 Å². The summed E-state index contributed by atoms with van der Waals surface area (Å²) in [6.45, 7) is 6.40. The number of hydrogen-bond donors (Lipinski definition) is 0. The van der Waals surface area contributed by atoms with E-state index in [2.05, 4.69) is 4.90 Å². The van der Waals surface area contributed by atoms with Gasteiger partial charge in [0.25, 0.3) is 5.91 Å². The predicted octanol–water partition coefficient (Wildman–Crippen LogP) is 4.03. The van der Waals surface area contributed by atoms with E-state index in [1.807, 2.05) is 31.2 Å². The highest BCUT2D eigenvalue weighted by atomic mass is 35.5. The number of amides is 1. The summed E-state index contributed by atoms with van der Waals surface area (Å²) in [7, 11) is 1.59. The van der Waals surface area contributed by atoms with Gasteiger partial charge in [0.1, 0.15) is 11.3 Å². The van der Waals surface area contributed by atoms with Crippen LogP contribution in [0.3, 0.4) is 0 Å². The van der Waals surface area contributed by atoms with Crippen molar-refractivity contribution in [2.24, 2.45) is 0 Å². The lowest BCUT2D eigenvalue weighted by atomic mass is 9.97. The zero-order valence-electron chi connectivity index (χ0n) is 19.3. The third-order valence-electron chi connectivity index (χ3n) is 6.66. The molecule has 0 radical (unpaired) electrons. The number of fused-ring (bicyclic) bond motifs is 2. The van der Waals surface area contributed by atoms with E-state index in [0.717, 1.165) is 50.4 Å². The second-order valence-corrected chi connectivity index (χ2v) is 9.13. The smallest absolute Gasteiger partial charge is 0.290 e. The number of carbonyl (C=O) groups excluding carboxylic acids is 1. The van der Waals surface area contributed by atoms with E-state index < -0.39 is 6.04 Å². The minimum Gasteiger partial charge on any atom is -0.496 e. The van der Waals surface area contributed by atoms with Crippen molar-refractivity contribution in [1.29, 1.82) is 0 Å². The van der Waals surface area contributed by atoms with Crippen molar-refractivity contribution in [3.8, 4) is 5.75 Å². The molecule has 0 N–H and O–H groups in total. The van der Waals surface area contributed by atoms with Gasteiger partial charge in [0.05, 0.1) is 37.3 Å². The van der Waals surface area contributed by atoms with Crippen LogP contribution in [-0.4, -0.2) is 62.2 Å². The van der Waals surface area contributed by atoms with Crippen molar-refractivity contribution >= 4 is 28.5 Å². The molecule has 2 aliphatic rings. The monoisotopic (exact) mass is 482 g/mol. The fourth-order valence-electron chi connectivity index (χ4n) is 4.88. The molecule has 2 aromatic carbocycles. The lowest BCUT2D eigenvalue weighted by molar-refractivity contribution is 0.0353. The Balaban J connectivity index is 1.58. The topological polar surface area (TPSA) is 72.2 Å². The lowest BCUT2D eigenvalue weighted by Crippen LogP contribution is -2.38. The molecule has 1 fully saturated rings. The number of para-hydroxylation sites is 1. The fourth-order valence-corrected chi connectivity index (χ4v) is 5.04. The Labute approximate surface area is 202 Å². The standard InChI is InChI=1S/C26H27ClN2O5/c1-16-14-21-18(15-19(16)27)24(30)22-23(17-6-3-4-7-20(17)32-2)29(26(31)25(22)34-21)9-5-8-28-10-12-33-13-11-28/h3-4,6-7,14-15,23H,5,8-13H2,1-2H3. The number of rotatable bonds is 6. The minimum atomic E-state index is -0.593. The highest BCUT2D eigenvalue weighted by molar-refractivity contribution is 6.32. The summed E-state index contributed by atoms with van der Waals surface area (Å²) >= 11 is 6.32. The summed E-state index contributed by atoms with van der Waals surface area (Å²) in [5, 5.41) is 0.859. The zero-order chi connectivity index (χ0) is 23.8. The molecule has 1 amide bonds. The molecule has 8 heteroatoms. The van der Waals surface area contributed by atoms with Crippen molar-refractivity contribution in [2.45, 2.75) is 19.4 Å². The molecule has 0 aliphatic carbocycles. The molecule has 1 aromatic heterocycles. The number of ether oxygens (including phenoxy) is 2. The summed E-state index contributed by atoms with van der Waals surface area (Å²) in [5.41, 5.74) is 2.01. The van der Waals surface area contributed by atoms with E-state index in [4.69, 9.17) is 25.5 Å². The van der Waals surface area contributed by atoms with Gasteiger partial charge in [-0.1, -0.05) is 29.8 Å². The Morgan fingerprint density at radius 3 is 2.65 bits per heavy atom. The molecule has 2 aliphatic heterocycles. The van der Waals surface area contributed by atoms with E-state index in [0.29, 0.717) is 33.8 Å². The Bertz CT molecular complexity index is 1300. The number of benzene rings is 2. The third-order valence-corrected chi connectivity index (χ3v) is 7.06. The largest absolute Gasteiger partial charge is 0.496 e. The average Bonchev–Trinajstić information content (AvgIpc) is 3.13. The van der Waals surface area contributed by atoms with Crippen LogP contribution in [-0.2, 0) is 4.74 Å². The van der Waals surface area contributed by atoms with Crippen LogP contribution in [0.15, 0.2) is 45.6 Å². The number of methoxy groups -OCH3 is 1. The highest BCUT2D eigenvalue weighted by Crippen LogP contribution is 2.41. The van der Waals surface area contributed by atoms with Crippen LogP contribution < -0.4 is 10.2 Å². The number of halogens is 1. The average molecular weight is 483 g/mol. The van der Waals surface area contributed by atoms with Crippen LogP contribution in [0, 0.1) is 6.92 Å². The summed E-state index contributed by atoms with van der Waals surface area (Å²) in [6.07, 6.45) is 0.768. The van der Waals surface area contributed by atoms with Crippen molar-refractivity contribution in [2.75, 3.05) is 46.5 Å². The number of carbonyl (C=O) groups is 1. The number of aryl methyl sites for hydroxylation is 1. The molecule has 3 aromatic rings. The van der Waals surface area contributed by atoms with Gasteiger partial charge in [0, 0.05) is 36.8 Å². The maximum atomic E-state index is 13.7. The van der Waals surface area contributed by atoms with Crippen molar-refractivity contribution in [1.82, 2.24) is 9.80 Å². The van der Waals surface area contributed by atoms with Gasteiger partial charge in [-0.15, -0.1) is 0 Å². The summed E-state index contributed by atoms with van der Waals surface area (Å²) in [6, 6.07) is 10.2. The van der Waals surface area contributed by atoms with Gasteiger partial charge in [-0.3, -0.25) is 14.5 Å². The molecule has 1 unspecified atom stereocenters. The second-order valence-electron chi connectivity index (χ2n) is 8.72. The summed E-state index contributed by atoms with van der Waals surface area (Å²) < 4.78 is 17.1. The minimum absolute atomic E-state index is 0.0986. The maximum Gasteiger partial charge on any atom is 0.290 e. The number of morpholine rings is 1. The van der Waals surface area contributed by atoms with E-state index in [1.165, 1.54) is 0 Å². The zero-order valence-corrected chi connectivity index (χ0v) is 20.1. The van der Waals surface area contributed by atoms with Gasteiger partial charge in [-0.05, 0) is 37.1 Å². The molecule has 5 rings (SSSR count). The molecule has 7 nitrogen and oxygen atoms in total. The molecule has 0 bridgehead atoms. The van der Waals surface area contributed by atoms with Gasteiger partial charge < -0.3 is 18.8 Å². The van der Waals surface area contributed by atoms with Crippen LogP contribution in [0.4, 0.5) is 0 Å². The van der Waals surface area contributed by atoms with Gasteiger partial charge in [-0.2, -0.15) is 0 Å². The molecular weight excluding hydrogens is 456 g/mol. The van der Waals surface area contributed by atoms with Crippen LogP contribution in [0.1, 0.15) is 39.7 Å². The first-order valence-corrected chi connectivity index (χ1v) is 11.9. The van der Waals surface area contributed by atoms with E-state index >= 15 is 0 Å². The number of hydrogen-bond acceptors (Lipinski definition) is 6. The quantitative estimate of drug-likeness (QED) is 0.528. The highest BCUT2D eigenvalue weighted by Gasteiger charge is 2.43. The molecule has 1 atom stereocenters. The predicted molar refractivity (Wildman–Crippen MR) is 130 cm³/mol. The summed E-state index contributed by atoms with van der Waals surface area (Å²) in [4.78, 5) is 31.4. The maximum absolute atomic E-state index is 13.7. The van der Waals surface area contributed by atoms with Crippen LogP contribution in [0.5, 0.6) is 5.75 Å².